The number of hydrogen-bond donors (Lipinski definition) is 2. The molecular weight excluding hydrogens is 236 g/mol. The second-order valence-electron chi connectivity index (χ2n) is 4.10. The maximum atomic E-state index is 11.7. The highest BCUT2D eigenvalue weighted by Crippen LogP contribution is 2.01. The van der Waals surface area contributed by atoms with Crippen molar-refractivity contribution in [1.29, 1.82) is 0 Å². The first-order chi connectivity index (χ1) is 8.52. The van der Waals surface area contributed by atoms with E-state index in [1.54, 1.807) is 7.05 Å². The third-order valence-electron chi connectivity index (χ3n) is 2.56. The van der Waals surface area contributed by atoms with Gasteiger partial charge in [0.15, 0.2) is 0 Å². The van der Waals surface area contributed by atoms with Crippen molar-refractivity contribution >= 4 is 12.0 Å². The molecule has 18 heavy (non-hydrogen) atoms. The van der Waals surface area contributed by atoms with E-state index < -0.39 is 12.0 Å². The van der Waals surface area contributed by atoms with E-state index in [0.29, 0.717) is 26.2 Å². The van der Waals surface area contributed by atoms with Gasteiger partial charge in [-0.3, -0.25) is 0 Å². The number of carbonyl (C=O) groups is 2. The Kier molecular flexibility index (Phi) is 9.00. The lowest BCUT2D eigenvalue weighted by Gasteiger charge is -2.21. The maximum Gasteiger partial charge on any atom is 0.326 e. The topological polar surface area (TPSA) is 78.9 Å². The number of nitrogens with zero attached hydrogens (tertiary/aromatic N) is 1. The summed E-state index contributed by atoms with van der Waals surface area (Å²) >= 11 is 0. The summed E-state index contributed by atoms with van der Waals surface area (Å²) in [7, 11) is 1.62. The van der Waals surface area contributed by atoms with Gasteiger partial charge in [-0.05, 0) is 13.3 Å². The Balaban J connectivity index is 4.10. The molecule has 6 nitrogen and oxygen atoms in total. The van der Waals surface area contributed by atoms with Crippen LogP contribution in [0, 0.1) is 0 Å². The number of rotatable bonds is 9. The molecule has 0 aliphatic heterocycles. The van der Waals surface area contributed by atoms with Crippen molar-refractivity contribution in [1.82, 2.24) is 10.2 Å². The summed E-state index contributed by atoms with van der Waals surface area (Å²) in [6, 6.07) is -1.19. The number of carboxylic acids is 1. The van der Waals surface area contributed by atoms with Gasteiger partial charge in [0, 0.05) is 20.2 Å². The van der Waals surface area contributed by atoms with Gasteiger partial charge in [0.1, 0.15) is 6.04 Å². The molecule has 0 fully saturated rings. The Morgan fingerprint density at radius 3 is 2.56 bits per heavy atom. The molecule has 0 heterocycles. The van der Waals surface area contributed by atoms with Crippen LogP contribution in [0.15, 0.2) is 0 Å². The predicted octanol–water partition coefficient (Wildman–Crippen LogP) is 1.31. The Labute approximate surface area is 108 Å². The zero-order chi connectivity index (χ0) is 14.0. The number of urea groups is 1. The molecule has 0 unspecified atom stereocenters. The lowest BCUT2D eigenvalue weighted by molar-refractivity contribution is -0.139. The van der Waals surface area contributed by atoms with E-state index in [2.05, 4.69) is 5.32 Å². The van der Waals surface area contributed by atoms with Crippen LogP contribution in [0.25, 0.3) is 0 Å². The molecule has 0 rings (SSSR count). The monoisotopic (exact) mass is 260 g/mol. The van der Waals surface area contributed by atoms with Crippen molar-refractivity contribution in [3.05, 3.63) is 0 Å². The molecule has 0 aliphatic rings. The summed E-state index contributed by atoms with van der Waals surface area (Å²) in [5.41, 5.74) is 0. The SMILES string of the molecule is CCCC[C@H](NC(=O)N(C)CCOCC)C(=O)O. The van der Waals surface area contributed by atoms with E-state index in [1.807, 2.05) is 13.8 Å². The molecule has 2 amide bonds. The molecule has 0 bridgehead atoms. The van der Waals surface area contributed by atoms with E-state index in [1.165, 1.54) is 4.90 Å². The zero-order valence-corrected chi connectivity index (χ0v) is 11.4. The average Bonchev–Trinajstić information content (AvgIpc) is 2.33. The van der Waals surface area contributed by atoms with Crippen LogP contribution in [0.2, 0.25) is 0 Å². The zero-order valence-electron chi connectivity index (χ0n) is 11.4. The van der Waals surface area contributed by atoms with Gasteiger partial charge in [-0.25, -0.2) is 9.59 Å². The number of ether oxygens (including phenoxy) is 1. The third-order valence-corrected chi connectivity index (χ3v) is 2.56. The van der Waals surface area contributed by atoms with Crippen molar-refractivity contribution in [3.8, 4) is 0 Å². The van der Waals surface area contributed by atoms with Crippen molar-refractivity contribution in [3.63, 3.8) is 0 Å². The van der Waals surface area contributed by atoms with E-state index in [0.717, 1.165) is 12.8 Å². The summed E-state index contributed by atoms with van der Waals surface area (Å²) in [5.74, 6) is -0.991. The molecule has 0 saturated carbocycles. The van der Waals surface area contributed by atoms with E-state index in [4.69, 9.17) is 9.84 Å². The van der Waals surface area contributed by atoms with Crippen LogP contribution in [0.4, 0.5) is 4.79 Å². The minimum Gasteiger partial charge on any atom is -0.480 e. The predicted molar refractivity (Wildman–Crippen MR) is 68.6 cm³/mol. The summed E-state index contributed by atoms with van der Waals surface area (Å²) in [6.07, 6.45) is 2.14. The number of unbranched alkanes of at least 4 members (excludes halogenated alkanes) is 1. The highest BCUT2D eigenvalue weighted by molar-refractivity contribution is 5.82. The Morgan fingerprint density at radius 1 is 1.39 bits per heavy atom. The standard InChI is InChI=1S/C12H24N2O4/c1-4-6-7-10(11(15)16)13-12(17)14(3)8-9-18-5-2/h10H,4-9H2,1-3H3,(H,13,17)(H,15,16)/t10-/m0/s1. The largest absolute Gasteiger partial charge is 0.480 e. The fourth-order valence-corrected chi connectivity index (χ4v) is 1.37. The van der Waals surface area contributed by atoms with E-state index in [9.17, 15) is 9.59 Å². The summed E-state index contributed by atoms with van der Waals surface area (Å²) in [6.45, 7) is 5.36. The molecule has 0 radical (unpaired) electrons. The van der Waals surface area contributed by atoms with Gasteiger partial charge >= 0.3 is 12.0 Å². The van der Waals surface area contributed by atoms with Gasteiger partial charge in [-0.1, -0.05) is 19.8 Å². The molecule has 0 aliphatic carbocycles. The number of amides is 2. The molecule has 0 aromatic rings. The second-order valence-corrected chi connectivity index (χ2v) is 4.10. The summed E-state index contributed by atoms with van der Waals surface area (Å²) < 4.78 is 5.13. The number of likely N-dealkylation sites (N-methyl/N-ethyl adjacent to an activating group) is 1. The molecule has 1 atom stereocenters. The molecule has 106 valence electrons. The average molecular weight is 260 g/mol. The lowest BCUT2D eigenvalue weighted by Crippen LogP contribution is -2.47. The van der Waals surface area contributed by atoms with Gasteiger partial charge in [-0.15, -0.1) is 0 Å². The quantitative estimate of drug-likeness (QED) is 0.613. The van der Waals surface area contributed by atoms with Gasteiger partial charge in [0.25, 0.3) is 0 Å². The first-order valence-corrected chi connectivity index (χ1v) is 6.35. The van der Waals surface area contributed by atoms with Crippen molar-refractivity contribution in [2.24, 2.45) is 0 Å². The normalized spacial score (nSPS) is 11.9. The first-order valence-electron chi connectivity index (χ1n) is 6.35. The smallest absolute Gasteiger partial charge is 0.326 e. The van der Waals surface area contributed by atoms with E-state index in [-0.39, 0.29) is 6.03 Å². The Morgan fingerprint density at radius 2 is 2.06 bits per heavy atom. The molecule has 6 heteroatoms. The number of nitrogens with one attached hydrogen (secondary N) is 1. The van der Waals surface area contributed by atoms with Crippen molar-refractivity contribution in [2.75, 3.05) is 26.8 Å². The molecular formula is C12H24N2O4. The van der Waals surface area contributed by atoms with Crippen LogP contribution in [0.3, 0.4) is 0 Å². The fourth-order valence-electron chi connectivity index (χ4n) is 1.37. The van der Waals surface area contributed by atoms with Crippen LogP contribution >= 0.6 is 0 Å². The first kappa shape index (κ1) is 16.7. The van der Waals surface area contributed by atoms with Crippen LogP contribution in [-0.2, 0) is 9.53 Å². The van der Waals surface area contributed by atoms with Crippen molar-refractivity contribution < 1.29 is 19.4 Å². The lowest BCUT2D eigenvalue weighted by atomic mass is 10.1. The van der Waals surface area contributed by atoms with Crippen LogP contribution in [0.1, 0.15) is 33.1 Å². The van der Waals surface area contributed by atoms with Crippen molar-refractivity contribution in [2.45, 2.75) is 39.2 Å². The Hall–Kier alpha value is -1.30. The van der Waals surface area contributed by atoms with Gasteiger partial charge in [0.05, 0.1) is 6.61 Å². The van der Waals surface area contributed by atoms with E-state index >= 15 is 0 Å². The molecule has 0 aromatic carbocycles. The van der Waals surface area contributed by atoms with Crippen LogP contribution in [0.5, 0.6) is 0 Å². The third kappa shape index (κ3) is 7.11. The molecule has 2 N–H and O–H groups in total. The molecule has 0 spiro atoms. The number of carbonyl (C=O) groups excluding carboxylic acids is 1. The maximum absolute atomic E-state index is 11.7. The van der Waals surface area contributed by atoms with Gasteiger partial charge in [-0.2, -0.15) is 0 Å². The van der Waals surface area contributed by atoms with Crippen LogP contribution in [-0.4, -0.2) is 54.9 Å². The highest BCUT2D eigenvalue weighted by Gasteiger charge is 2.20. The number of carboxylic acid groups (broad SMARTS) is 1. The van der Waals surface area contributed by atoms with Gasteiger partial charge in [0.2, 0.25) is 0 Å². The fraction of sp³-hybridized carbons (Fsp3) is 0.833. The van der Waals surface area contributed by atoms with Gasteiger partial charge < -0.3 is 20.1 Å². The number of hydrogen-bond acceptors (Lipinski definition) is 3. The molecule has 0 aromatic heterocycles. The summed E-state index contributed by atoms with van der Waals surface area (Å²) in [5, 5.41) is 11.5. The minimum absolute atomic E-state index is 0.377. The minimum atomic E-state index is -0.991. The highest BCUT2D eigenvalue weighted by atomic mass is 16.5. The van der Waals surface area contributed by atoms with Crippen LogP contribution < -0.4 is 5.32 Å². The Bertz CT molecular complexity index is 258. The summed E-state index contributed by atoms with van der Waals surface area (Å²) in [4.78, 5) is 24.1. The number of aliphatic carboxylic acids is 1. The molecule has 0 saturated heterocycles. The second kappa shape index (κ2) is 9.70.